The van der Waals surface area contributed by atoms with Gasteiger partial charge in [-0.3, -0.25) is 9.48 Å². The average molecular weight is 169 g/mol. The predicted octanol–water partition coefficient (Wildman–Crippen LogP) is -0.465. The zero-order chi connectivity index (χ0) is 9.14. The minimum Gasteiger partial charge on any atom is -0.394 e. The summed E-state index contributed by atoms with van der Waals surface area (Å²) in [5.41, 5.74) is 5.39. The van der Waals surface area contributed by atoms with Gasteiger partial charge in [0.15, 0.2) is 0 Å². The van der Waals surface area contributed by atoms with Crippen LogP contribution < -0.4 is 5.73 Å². The van der Waals surface area contributed by atoms with Crippen LogP contribution in [0.15, 0.2) is 12.3 Å². The van der Waals surface area contributed by atoms with Crippen LogP contribution in [0, 0.1) is 0 Å². The lowest BCUT2D eigenvalue weighted by Crippen LogP contribution is -2.21. The maximum Gasteiger partial charge on any atom is 0.266 e. The fourth-order valence-corrected chi connectivity index (χ4v) is 0.938. The van der Waals surface area contributed by atoms with Crippen molar-refractivity contribution in [3.63, 3.8) is 0 Å². The quantitative estimate of drug-likeness (QED) is 0.642. The van der Waals surface area contributed by atoms with Crippen molar-refractivity contribution < 1.29 is 9.90 Å². The van der Waals surface area contributed by atoms with Gasteiger partial charge in [0.25, 0.3) is 5.91 Å². The normalized spacial score (nSPS) is 12.8. The molecule has 0 saturated carbocycles. The summed E-state index contributed by atoms with van der Waals surface area (Å²) in [5.74, 6) is -0.534. The van der Waals surface area contributed by atoms with Crippen molar-refractivity contribution >= 4 is 5.91 Å². The maximum atomic E-state index is 10.8. The molecule has 0 fully saturated rings. The van der Waals surface area contributed by atoms with E-state index in [2.05, 4.69) is 5.10 Å². The summed E-state index contributed by atoms with van der Waals surface area (Å²) in [6, 6.07) is 1.30. The van der Waals surface area contributed by atoms with Gasteiger partial charge in [-0.15, -0.1) is 0 Å². The molecule has 0 radical (unpaired) electrons. The molecule has 5 nitrogen and oxygen atoms in total. The third kappa shape index (κ3) is 1.45. The highest BCUT2D eigenvalue weighted by Gasteiger charge is 2.12. The number of primary amides is 1. The van der Waals surface area contributed by atoms with Crippen LogP contribution in [-0.2, 0) is 0 Å². The first-order valence-corrected chi connectivity index (χ1v) is 3.61. The minimum absolute atomic E-state index is 0.0675. The van der Waals surface area contributed by atoms with Crippen molar-refractivity contribution in [2.45, 2.75) is 13.0 Å². The van der Waals surface area contributed by atoms with Gasteiger partial charge in [-0.2, -0.15) is 5.10 Å². The number of carbonyl (C=O) groups is 1. The lowest BCUT2D eigenvalue weighted by atomic mass is 10.3. The molecule has 1 atom stereocenters. The van der Waals surface area contributed by atoms with E-state index in [1.54, 1.807) is 6.92 Å². The monoisotopic (exact) mass is 169 g/mol. The highest BCUT2D eigenvalue weighted by Crippen LogP contribution is 2.06. The van der Waals surface area contributed by atoms with Crippen LogP contribution in [0.25, 0.3) is 0 Å². The van der Waals surface area contributed by atoms with Gasteiger partial charge in [0.1, 0.15) is 5.69 Å². The molecule has 0 aliphatic heterocycles. The Bertz CT molecular complexity index is 282. The second-order valence-corrected chi connectivity index (χ2v) is 2.56. The van der Waals surface area contributed by atoms with E-state index >= 15 is 0 Å². The molecule has 1 aromatic heterocycles. The zero-order valence-corrected chi connectivity index (χ0v) is 6.77. The maximum absolute atomic E-state index is 10.8. The summed E-state index contributed by atoms with van der Waals surface area (Å²) in [6.45, 7) is 1.68. The first-order valence-electron chi connectivity index (χ1n) is 3.61. The molecule has 0 bridgehead atoms. The number of aliphatic hydroxyl groups is 1. The number of aromatic nitrogens is 2. The van der Waals surface area contributed by atoms with E-state index in [4.69, 9.17) is 10.8 Å². The minimum atomic E-state index is -0.534. The number of carbonyl (C=O) groups excluding carboxylic acids is 1. The molecule has 5 heteroatoms. The Morgan fingerprint density at radius 3 is 3.08 bits per heavy atom. The molecule has 0 aliphatic carbocycles. The van der Waals surface area contributed by atoms with Gasteiger partial charge in [-0.05, 0) is 13.0 Å². The van der Waals surface area contributed by atoms with Crippen molar-refractivity contribution in [2.75, 3.05) is 6.61 Å². The summed E-state index contributed by atoms with van der Waals surface area (Å²) in [6.07, 6.45) is 1.48. The van der Waals surface area contributed by atoms with Crippen LogP contribution in [0.5, 0.6) is 0 Å². The molecule has 0 aliphatic rings. The van der Waals surface area contributed by atoms with Crippen molar-refractivity contribution in [2.24, 2.45) is 5.73 Å². The number of nitrogens with two attached hydrogens (primary N) is 1. The van der Waals surface area contributed by atoms with Crippen molar-refractivity contribution in [1.82, 2.24) is 9.78 Å². The summed E-state index contributed by atoms with van der Waals surface area (Å²) in [7, 11) is 0. The third-order valence-electron chi connectivity index (χ3n) is 1.60. The molecule has 1 heterocycles. The van der Waals surface area contributed by atoms with Crippen LogP contribution >= 0.6 is 0 Å². The first-order chi connectivity index (χ1) is 5.66. The summed E-state index contributed by atoms with van der Waals surface area (Å²) in [4.78, 5) is 10.8. The summed E-state index contributed by atoms with van der Waals surface area (Å²) >= 11 is 0. The van der Waals surface area contributed by atoms with Gasteiger partial charge in [0.05, 0.1) is 12.6 Å². The van der Waals surface area contributed by atoms with Gasteiger partial charge >= 0.3 is 0 Å². The van der Waals surface area contributed by atoms with E-state index < -0.39 is 5.91 Å². The number of nitrogens with zero attached hydrogens (tertiary/aromatic N) is 2. The molecule has 1 amide bonds. The molecule has 12 heavy (non-hydrogen) atoms. The second kappa shape index (κ2) is 3.36. The molecule has 3 N–H and O–H groups in total. The zero-order valence-electron chi connectivity index (χ0n) is 6.77. The van der Waals surface area contributed by atoms with E-state index in [0.29, 0.717) is 5.69 Å². The Morgan fingerprint density at radius 2 is 2.58 bits per heavy atom. The molecular weight excluding hydrogens is 158 g/mol. The van der Waals surface area contributed by atoms with Crippen LogP contribution in [0.2, 0.25) is 0 Å². The highest BCUT2D eigenvalue weighted by atomic mass is 16.3. The van der Waals surface area contributed by atoms with Gasteiger partial charge in [-0.25, -0.2) is 0 Å². The molecule has 1 rings (SSSR count). The molecule has 0 spiro atoms. The third-order valence-corrected chi connectivity index (χ3v) is 1.60. The number of rotatable bonds is 3. The Labute approximate surface area is 69.8 Å². The van der Waals surface area contributed by atoms with Crippen molar-refractivity contribution in [3.8, 4) is 0 Å². The fourth-order valence-electron chi connectivity index (χ4n) is 0.938. The van der Waals surface area contributed by atoms with Crippen molar-refractivity contribution in [1.29, 1.82) is 0 Å². The van der Waals surface area contributed by atoms with Gasteiger partial charge < -0.3 is 10.8 Å². The van der Waals surface area contributed by atoms with E-state index in [9.17, 15) is 4.79 Å². The Kier molecular flexibility index (Phi) is 2.44. The largest absolute Gasteiger partial charge is 0.394 e. The first kappa shape index (κ1) is 8.73. The van der Waals surface area contributed by atoms with Crippen LogP contribution in [-0.4, -0.2) is 27.4 Å². The fraction of sp³-hybridized carbons (Fsp3) is 0.429. The predicted molar refractivity (Wildman–Crippen MR) is 42.5 cm³/mol. The molecule has 0 saturated heterocycles. The molecular formula is C7H11N3O2. The molecule has 66 valence electrons. The molecule has 0 aromatic carbocycles. The van der Waals surface area contributed by atoms with E-state index in [0.717, 1.165) is 0 Å². The van der Waals surface area contributed by atoms with Crippen molar-refractivity contribution in [3.05, 3.63) is 18.0 Å². The van der Waals surface area contributed by atoms with Crippen LogP contribution in [0.1, 0.15) is 23.5 Å². The summed E-state index contributed by atoms with van der Waals surface area (Å²) < 4.78 is 1.41. The van der Waals surface area contributed by atoms with Crippen LogP contribution in [0.3, 0.4) is 0 Å². The van der Waals surface area contributed by atoms with Gasteiger partial charge in [-0.1, -0.05) is 0 Å². The van der Waals surface area contributed by atoms with E-state index in [-0.39, 0.29) is 12.6 Å². The van der Waals surface area contributed by atoms with Crippen LogP contribution in [0.4, 0.5) is 0 Å². The lowest BCUT2D eigenvalue weighted by molar-refractivity contribution is 0.0984. The number of aliphatic hydroxyl groups excluding tert-OH is 1. The topological polar surface area (TPSA) is 81.1 Å². The Hall–Kier alpha value is -1.36. The van der Waals surface area contributed by atoms with E-state index in [1.165, 1.54) is 16.9 Å². The smallest absolute Gasteiger partial charge is 0.266 e. The lowest BCUT2D eigenvalue weighted by Gasteiger charge is -2.10. The SMILES string of the molecule is CC(CO)n1nccc1C(N)=O. The number of hydrogen-bond donors (Lipinski definition) is 2. The molecule has 1 aromatic rings. The highest BCUT2D eigenvalue weighted by molar-refractivity contribution is 5.90. The Morgan fingerprint density at radius 1 is 1.92 bits per heavy atom. The number of hydrogen-bond acceptors (Lipinski definition) is 3. The average Bonchev–Trinajstić information content (AvgIpc) is 2.50. The standard InChI is InChI=1S/C7H11N3O2/c1-5(4-11)10-6(7(8)12)2-3-9-10/h2-3,5,11H,4H2,1H3,(H2,8,12). The number of amides is 1. The Balaban J connectivity index is 2.98. The van der Waals surface area contributed by atoms with Gasteiger partial charge in [0, 0.05) is 6.20 Å². The summed E-state index contributed by atoms with van der Waals surface area (Å²) in [5, 5.41) is 12.7. The van der Waals surface area contributed by atoms with E-state index in [1.807, 2.05) is 0 Å². The molecule has 1 unspecified atom stereocenters. The van der Waals surface area contributed by atoms with Gasteiger partial charge in [0.2, 0.25) is 0 Å². The second-order valence-electron chi connectivity index (χ2n) is 2.56.